The zero-order chi connectivity index (χ0) is 44.3. The Hall–Kier alpha value is -8.92. The molecule has 0 bridgehead atoms. The van der Waals surface area contributed by atoms with Crippen molar-refractivity contribution in [3.63, 3.8) is 0 Å². The number of fused-ring (bicyclic) bond motifs is 8. The number of aromatic nitrogens is 1. The summed E-state index contributed by atoms with van der Waals surface area (Å²) in [6, 6.07) is 91.9. The molecule has 67 heavy (non-hydrogen) atoms. The number of para-hydroxylation sites is 2. The van der Waals surface area contributed by atoms with Crippen molar-refractivity contribution in [2.45, 2.75) is 0 Å². The third-order valence-corrected chi connectivity index (χ3v) is 13.4. The summed E-state index contributed by atoms with van der Waals surface area (Å²) >= 11 is 0. The van der Waals surface area contributed by atoms with E-state index in [1.165, 1.54) is 49.4 Å². The summed E-state index contributed by atoms with van der Waals surface area (Å²) in [5, 5.41) is 7.07. The highest BCUT2D eigenvalue weighted by Gasteiger charge is 2.17. The van der Waals surface area contributed by atoms with E-state index in [0.29, 0.717) is 0 Å². The van der Waals surface area contributed by atoms with Gasteiger partial charge >= 0.3 is 0 Å². The number of hydrogen-bond donors (Lipinski definition) is 0. The minimum atomic E-state index is 0.892. The van der Waals surface area contributed by atoms with Gasteiger partial charge in [-0.15, -0.1) is 0 Å². The molecule has 0 radical (unpaired) electrons. The number of nitrogens with zero attached hydrogens (tertiary/aromatic N) is 2. The second-order valence-electron chi connectivity index (χ2n) is 17.3. The van der Waals surface area contributed by atoms with Gasteiger partial charge in [0.2, 0.25) is 0 Å². The fourth-order valence-corrected chi connectivity index (χ4v) is 10.1. The highest BCUT2D eigenvalue weighted by Crippen LogP contribution is 2.41. The molecule has 2 heterocycles. The van der Waals surface area contributed by atoms with Crippen LogP contribution < -0.4 is 4.90 Å². The lowest BCUT2D eigenvalue weighted by atomic mass is 9.98. The fraction of sp³-hybridized carbons (Fsp3) is 0. The van der Waals surface area contributed by atoms with Crippen LogP contribution in [0, 0.1) is 0 Å². The van der Waals surface area contributed by atoms with E-state index in [9.17, 15) is 0 Å². The molecule has 0 saturated heterocycles. The third-order valence-electron chi connectivity index (χ3n) is 13.4. The number of anilines is 3. The van der Waals surface area contributed by atoms with Gasteiger partial charge in [-0.2, -0.15) is 0 Å². The standard InChI is InChI=1S/C64H42N2O/c1-2-13-43(14-3-1)47-16-10-17-48(39-47)44-27-33-52(34-28-44)65(54-20-12-19-50(41-54)51-32-38-63-60(42-51)59-37-31-46-15-4-5-22-56(46)64(59)67-63)53-35-29-45(30-36-53)49-18-11-21-55(40-49)66-61-25-8-6-23-57(61)58-24-7-9-26-62(58)66/h1-42H. The SMILES string of the molecule is c1ccc(-c2cccc(-c3ccc(N(c4ccc(-c5cccc(-n6c7ccccc7c7ccccc76)c5)cc4)c4cccc(-c5ccc6oc7c8ccccc8ccc7c6c5)c4)cc3)c2)cc1. The largest absolute Gasteiger partial charge is 0.455 e. The molecule has 0 saturated carbocycles. The summed E-state index contributed by atoms with van der Waals surface area (Å²) in [6.07, 6.45) is 0. The third kappa shape index (κ3) is 6.76. The Morgan fingerprint density at radius 2 is 0.791 bits per heavy atom. The van der Waals surface area contributed by atoms with Gasteiger partial charge in [0.25, 0.3) is 0 Å². The minimum absolute atomic E-state index is 0.892. The van der Waals surface area contributed by atoms with Crippen LogP contribution in [0.25, 0.3) is 105 Å². The van der Waals surface area contributed by atoms with Crippen LogP contribution >= 0.6 is 0 Å². The first-order valence-electron chi connectivity index (χ1n) is 22.9. The average molecular weight is 855 g/mol. The molecule has 0 unspecified atom stereocenters. The van der Waals surface area contributed by atoms with Gasteiger partial charge in [-0.25, -0.2) is 0 Å². The molecule has 0 aliphatic rings. The molecule has 0 fully saturated rings. The molecular formula is C64H42N2O. The second-order valence-corrected chi connectivity index (χ2v) is 17.3. The molecule has 314 valence electrons. The number of furan rings is 1. The van der Waals surface area contributed by atoms with Crippen LogP contribution in [0.4, 0.5) is 17.1 Å². The molecule has 13 rings (SSSR count). The molecular weight excluding hydrogens is 813 g/mol. The smallest absolute Gasteiger partial charge is 0.143 e. The molecule has 2 aromatic heterocycles. The lowest BCUT2D eigenvalue weighted by Gasteiger charge is -2.26. The van der Waals surface area contributed by atoms with E-state index in [1.54, 1.807) is 0 Å². The van der Waals surface area contributed by atoms with E-state index in [2.05, 4.69) is 264 Å². The Bertz CT molecular complexity index is 3920. The molecule has 11 aromatic carbocycles. The van der Waals surface area contributed by atoms with Crippen LogP contribution in [-0.4, -0.2) is 4.57 Å². The Balaban J connectivity index is 0.892. The van der Waals surface area contributed by atoms with Crippen molar-refractivity contribution in [1.82, 2.24) is 4.57 Å². The lowest BCUT2D eigenvalue weighted by molar-refractivity contribution is 0.672. The van der Waals surface area contributed by atoms with Crippen LogP contribution in [0.15, 0.2) is 259 Å². The predicted molar refractivity (Wildman–Crippen MR) is 282 cm³/mol. The van der Waals surface area contributed by atoms with E-state index < -0.39 is 0 Å². The Kier molecular flexibility index (Phi) is 9.17. The Morgan fingerprint density at radius 3 is 1.48 bits per heavy atom. The molecule has 3 nitrogen and oxygen atoms in total. The van der Waals surface area contributed by atoms with Gasteiger partial charge in [0.15, 0.2) is 0 Å². The van der Waals surface area contributed by atoms with Crippen molar-refractivity contribution < 1.29 is 4.42 Å². The van der Waals surface area contributed by atoms with E-state index in [0.717, 1.165) is 72.3 Å². The normalized spacial score (nSPS) is 11.6. The van der Waals surface area contributed by atoms with Crippen molar-refractivity contribution in [1.29, 1.82) is 0 Å². The van der Waals surface area contributed by atoms with Crippen LogP contribution in [0.2, 0.25) is 0 Å². The lowest BCUT2D eigenvalue weighted by Crippen LogP contribution is -2.10. The Labute approximate surface area is 388 Å². The first kappa shape index (κ1) is 38.5. The highest BCUT2D eigenvalue weighted by atomic mass is 16.3. The first-order chi connectivity index (χ1) is 33.2. The van der Waals surface area contributed by atoms with Crippen molar-refractivity contribution in [2.24, 2.45) is 0 Å². The minimum Gasteiger partial charge on any atom is -0.455 e. The molecule has 0 spiro atoms. The zero-order valence-electron chi connectivity index (χ0n) is 36.6. The van der Waals surface area contributed by atoms with Crippen molar-refractivity contribution in [3.8, 4) is 50.2 Å². The van der Waals surface area contributed by atoms with Gasteiger partial charge in [-0.3, -0.25) is 0 Å². The molecule has 0 atom stereocenters. The summed E-state index contributed by atoms with van der Waals surface area (Å²) in [5.41, 5.74) is 17.9. The summed E-state index contributed by atoms with van der Waals surface area (Å²) in [7, 11) is 0. The van der Waals surface area contributed by atoms with E-state index >= 15 is 0 Å². The predicted octanol–water partition coefficient (Wildman–Crippen LogP) is 18.0. The number of benzene rings is 11. The van der Waals surface area contributed by atoms with E-state index in [4.69, 9.17) is 4.42 Å². The first-order valence-corrected chi connectivity index (χ1v) is 22.9. The van der Waals surface area contributed by atoms with Crippen molar-refractivity contribution in [2.75, 3.05) is 4.90 Å². The Morgan fingerprint density at radius 1 is 0.284 bits per heavy atom. The van der Waals surface area contributed by atoms with Gasteiger partial charge in [0, 0.05) is 49.7 Å². The quantitative estimate of drug-likeness (QED) is 0.152. The summed E-state index contributed by atoms with van der Waals surface area (Å²) < 4.78 is 8.88. The molecule has 0 aliphatic heterocycles. The van der Waals surface area contributed by atoms with Crippen molar-refractivity contribution >= 4 is 71.6 Å². The van der Waals surface area contributed by atoms with Crippen LogP contribution in [0.3, 0.4) is 0 Å². The zero-order valence-corrected chi connectivity index (χ0v) is 36.6. The van der Waals surface area contributed by atoms with Crippen LogP contribution in [-0.2, 0) is 0 Å². The summed E-state index contributed by atoms with van der Waals surface area (Å²) in [4.78, 5) is 2.36. The van der Waals surface area contributed by atoms with Crippen LogP contribution in [0.1, 0.15) is 0 Å². The van der Waals surface area contributed by atoms with Gasteiger partial charge in [0.1, 0.15) is 11.2 Å². The maximum absolute atomic E-state index is 6.50. The van der Waals surface area contributed by atoms with Gasteiger partial charge < -0.3 is 13.9 Å². The number of hydrogen-bond acceptors (Lipinski definition) is 2. The molecule has 3 heteroatoms. The maximum Gasteiger partial charge on any atom is 0.143 e. The fourth-order valence-electron chi connectivity index (χ4n) is 10.1. The molecule has 0 amide bonds. The van der Waals surface area contributed by atoms with E-state index in [-0.39, 0.29) is 0 Å². The second kappa shape index (κ2) is 16.0. The molecule has 0 aliphatic carbocycles. The molecule has 13 aromatic rings. The average Bonchev–Trinajstić information content (AvgIpc) is 3.96. The summed E-state index contributed by atoms with van der Waals surface area (Å²) in [6.45, 7) is 0. The highest BCUT2D eigenvalue weighted by molar-refractivity contribution is 6.15. The topological polar surface area (TPSA) is 21.3 Å². The molecule has 0 N–H and O–H groups in total. The number of rotatable bonds is 8. The van der Waals surface area contributed by atoms with Crippen molar-refractivity contribution in [3.05, 3.63) is 255 Å². The maximum atomic E-state index is 6.50. The van der Waals surface area contributed by atoms with Gasteiger partial charge in [-0.05, 0) is 135 Å². The van der Waals surface area contributed by atoms with Gasteiger partial charge in [-0.1, -0.05) is 170 Å². The summed E-state index contributed by atoms with van der Waals surface area (Å²) in [5.74, 6) is 0. The van der Waals surface area contributed by atoms with E-state index in [1.807, 2.05) is 0 Å². The van der Waals surface area contributed by atoms with Crippen LogP contribution in [0.5, 0.6) is 0 Å². The monoisotopic (exact) mass is 854 g/mol. The van der Waals surface area contributed by atoms with Gasteiger partial charge in [0.05, 0.1) is 11.0 Å².